The number of rotatable bonds is 5. The second-order valence-electron chi connectivity index (χ2n) is 7.40. The Hall–Kier alpha value is -1.82. The Kier molecular flexibility index (Phi) is 4.79. The zero-order valence-corrected chi connectivity index (χ0v) is 14.8. The molecule has 0 saturated carbocycles. The summed E-state index contributed by atoms with van der Waals surface area (Å²) in [6.45, 7) is 4.84. The zero-order chi connectivity index (χ0) is 17.1. The molecule has 0 radical (unpaired) electrons. The van der Waals surface area contributed by atoms with E-state index >= 15 is 0 Å². The summed E-state index contributed by atoms with van der Waals surface area (Å²) in [5, 5.41) is 0. The van der Waals surface area contributed by atoms with Crippen LogP contribution in [0.2, 0.25) is 0 Å². The van der Waals surface area contributed by atoms with E-state index in [1.807, 2.05) is 24.7 Å². The minimum atomic E-state index is 0.0378. The molecule has 4 rings (SSSR count). The van der Waals surface area contributed by atoms with Crippen LogP contribution in [0.1, 0.15) is 24.1 Å². The van der Waals surface area contributed by atoms with Gasteiger partial charge in [0.25, 0.3) is 0 Å². The van der Waals surface area contributed by atoms with Crippen LogP contribution in [0.5, 0.6) is 0 Å². The number of likely N-dealkylation sites (tertiary alicyclic amines) is 1. The van der Waals surface area contributed by atoms with E-state index in [0.717, 1.165) is 51.3 Å². The molecule has 2 aromatic heterocycles. The first-order valence-electron chi connectivity index (χ1n) is 9.08. The lowest BCUT2D eigenvalue weighted by molar-refractivity contribution is 0.0102. The Morgan fingerprint density at radius 3 is 2.92 bits per heavy atom. The van der Waals surface area contributed by atoms with Crippen LogP contribution in [0, 0.1) is 0 Å². The number of pyridine rings is 2. The molecule has 2 aliphatic heterocycles. The molecule has 0 bridgehead atoms. The fourth-order valence-electron chi connectivity index (χ4n) is 4.07. The van der Waals surface area contributed by atoms with Crippen LogP contribution in [0.4, 0.5) is 0 Å². The van der Waals surface area contributed by atoms with Crippen LogP contribution in [0.3, 0.4) is 0 Å². The van der Waals surface area contributed by atoms with E-state index in [2.05, 4.69) is 51.1 Å². The predicted octanol–water partition coefficient (Wildman–Crippen LogP) is 2.34. The van der Waals surface area contributed by atoms with Gasteiger partial charge in [-0.2, -0.15) is 0 Å². The Labute approximate surface area is 149 Å². The van der Waals surface area contributed by atoms with E-state index in [1.165, 1.54) is 5.56 Å². The molecule has 25 heavy (non-hydrogen) atoms. The van der Waals surface area contributed by atoms with Gasteiger partial charge in [0.1, 0.15) is 0 Å². The van der Waals surface area contributed by atoms with Gasteiger partial charge in [-0.3, -0.25) is 19.8 Å². The Balaban J connectivity index is 1.32. The highest BCUT2D eigenvalue weighted by Crippen LogP contribution is 2.37. The molecule has 0 N–H and O–H groups in total. The molecule has 1 spiro atoms. The van der Waals surface area contributed by atoms with Crippen LogP contribution in [0.15, 0.2) is 48.9 Å². The third-order valence-corrected chi connectivity index (χ3v) is 5.50. The van der Waals surface area contributed by atoms with E-state index in [-0.39, 0.29) is 5.60 Å². The summed E-state index contributed by atoms with van der Waals surface area (Å²) < 4.78 is 6.32. The number of hydrogen-bond acceptors (Lipinski definition) is 5. The number of aromatic nitrogens is 2. The highest BCUT2D eigenvalue weighted by molar-refractivity contribution is 5.11. The lowest BCUT2D eigenvalue weighted by Crippen LogP contribution is -2.36. The largest absolute Gasteiger partial charge is 0.372 e. The van der Waals surface area contributed by atoms with Gasteiger partial charge in [-0.15, -0.1) is 0 Å². The van der Waals surface area contributed by atoms with Crippen LogP contribution in [-0.4, -0.2) is 58.2 Å². The van der Waals surface area contributed by atoms with E-state index in [4.69, 9.17) is 4.74 Å². The molecule has 0 aromatic carbocycles. The Morgan fingerprint density at radius 1 is 1.24 bits per heavy atom. The van der Waals surface area contributed by atoms with Crippen molar-refractivity contribution in [2.24, 2.45) is 0 Å². The molecular weight excluding hydrogens is 312 g/mol. The van der Waals surface area contributed by atoms with Crippen molar-refractivity contribution in [1.29, 1.82) is 0 Å². The van der Waals surface area contributed by atoms with E-state index in [9.17, 15) is 0 Å². The topological polar surface area (TPSA) is 41.5 Å². The summed E-state index contributed by atoms with van der Waals surface area (Å²) in [5.74, 6) is 0. The van der Waals surface area contributed by atoms with Crippen molar-refractivity contribution in [1.82, 2.24) is 19.8 Å². The lowest BCUT2D eigenvalue weighted by atomic mass is 9.96. The quantitative estimate of drug-likeness (QED) is 0.837. The summed E-state index contributed by atoms with van der Waals surface area (Å²) in [4.78, 5) is 13.4. The van der Waals surface area contributed by atoms with Crippen molar-refractivity contribution < 1.29 is 4.74 Å². The van der Waals surface area contributed by atoms with Crippen LogP contribution >= 0.6 is 0 Å². The third kappa shape index (κ3) is 3.89. The van der Waals surface area contributed by atoms with Gasteiger partial charge >= 0.3 is 0 Å². The van der Waals surface area contributed by atoms with Gasteiger partial charge in [-0.1, -0.05) is 6.07 Å². The average molecular weight is 338 g/mol. The van der Waals surface area contributed by atoms with Gasteiger partial charge in [-0.05, 0) is 49.7 Å². The maximum Gasteiger partial charge on any atom is 0.0837 e. The van der Waals surface area contributed by atoms with Crippen molar-refractivity contribution in [3.63, 3.8) is 0 Å². The summed E-state index contributed by atoms with van der Waals surface area (Å²) in [7, 11) is 2.19. The Bertz CT molecular complexity index is 681. The molecule has 132 valence electrons. The minimum absolute atomic E-state index is 0.0378. The maximum atomic E-state index is 6.32. The molecule has 2 aromatic rings. The second kappa shape index (κ2) is 7.20. The molecule has 0 aliphatic carbocycles. The number of hydrogen-bond donors (Lipinski definition) is 0. The average Bonchev–Trinajstić information content (AvgIpc) is 3.24. The van der Waals surface area contributed by atoms with Crippen LogP contribution < -0.4 is 0 Å². The summed E-state index contributed by atoms with van der Waals surface area (Å²) in [6.07, 6.45) is 7.85. The van der Waals surface area contributed by atoms with Gasteiger partial charge in [0.2, 0.25) is 0 Å². The fraction of sp³-hybridized carbons (Fsp3) is 0.500. The normalized spacial score (nSPS) is 26.7. The maximum absolute atomic E-state index is 6.32. The smallest absolute Gasteiger partial charge is 0.0837 e. The third-order valence-electron chi connectivity index (χ3n) is 5.50. The first-order valence-corrected chi connectivity index (χ1v) is 9.08. The minimum Gasteiger partial charge on any atom is -0.372 e. The molecular formula is C20H26N4O. The van der Waals surface area contributed by atoms with Crippen molar-refractivity contribution in [3.8, 4) is 0 Å². The molecule has 2 atom stereocenters. The predicted molar refractivity (Wildman–Crippen MR) is 96.9 cm³/mol. The summed E-state index contributed by atoms with van der Waals surface area (Å²) >= 11 is 0. The first-order chi connectivity index (χ1) is 12.2. The van der Waals surface area contributed by atoms with Crippen molar-refractivity contribution in [2.75, 3.05) is 26.7 Å². The van der Waals surface area contributed by atoms with Crippen LogP contribution in [0.25, 0.3) is 0 Å². The van der Waals surface area contributed by atoms with Gasteiger partial charge in [0, 0.05) is 50.8 Å². The Morgan fingerprint density at radius 2 is 2.12 bits per heavy atom. The van der Waals surface area contributed by atoms with E-state index < -0.39 is 0 Å². The highest BCUT2D eigenvalue weighted by atomic mass is 16.5. The molecule has 2 aliphatic rings. The number of nitrogens with zero attached hydrogens (tertiary/aromatic N) is 4. The number of likely N-dealkylation sites (N-methyl/N-ethyl adjacent to an activating group) is 1. The van der Waals surface area contributed by atoms with Gasteiger partial charge < -0.3 is 4.74 Å². The molecule has 5 nitrogen and oxygen atoms in total. The first kappa shape index (κ1) is 16.6. The van der Waals surface area contributed by atoms with Gasteiger partial charge in [0.05, 0.1) is 17.9 Å². The molecule has 2 fully saturated rings. The standard InChI is InChI=1S/C20H26N4O/c1-23(14-18-4-2-3-8-22-18)19-12-20(25-15-19)7-11-24(16-20)13-17-5-9-21-10-6-17/h2-6,8-10,19H,7,11-16H2,1H3/t19-,20+/m1/s1. The molecule has 0 amide bonds. The van der Waals surface area contributed by atoms with E-state index in [1.54, 1.807) is 0 Å². The SMILES string of the molecule is CN(Cc1ccccn1)[C@H]1CO[C@@]2(CCN(Cc3ccncc3)C2)C1. The van der Waals surface area contributed by atoms with Crippen molar-refractivity contribution >= 4 is 0 Å². The van der Waals surface area contributed by atoms with Gasteiger partial charge in [0.15, 0.2) is 0 Å². The second-order valence-corrected chi connectivity index (χ2v) is 7.40. The number of ether oxygens (including phenoxy) is 1. The van der Waals surface area contributed by atoms with Crippen molar-refractivity contribution in [2.45, 2.75) is 37.6 Å². The molecule has 0 unspecified atom stereocenters. The molecule has 4 heterocycles. The fourth-order valence-corrected chi connectivity index (χ4v) is 4.07. The summed E-state index contributed by atoms with van der Waals surface area (Å²) in [6, 6.07) is 10.8. The van der Waals surface area contributed by atoms with Crippen LogP contribution in [-0.2, 0) is 17.8 Å². The van der Waals surface area contributed by atoms with Gasteiger partial charge in [-0.25, -0.2) is 0 Å². The molecule has 5 heteroatoms. The lowest BCUT2D eigenvalue weighted by Gasteiger charge is -2.26. The summed E-state index contributed by atoms with van der Waals surface area (Å²) in [5.41, 5.74) is 2.49. The molecule has 2 saturated heterocycles. The zero-order valence-electron chi connectivity index (χ0n) is 14.8. The van der Waals surface area contributed by atoms with E-state index in [0.29, 0.717) is 6.04 Å². The van der Waals surface area contributed by atoms with Crippen molar-refractivity contribution in [3.05, 3.63) is 60.2 Å². The monoisotopic (exact) mass is 338 g/mol. The highest BCUT2D eigenvalue weighted by Gasteiger charge is 2.46.